The average Bonchev–Trinajstić information content (AvgIpc) is 1.47. The van der Waals surface area contributed by atoms with Crippen LogP contribution in [0.3, 0.4) is 0 Å². The van der Waals surface area contributed by atoms with Gasteiger partial charge in [-0.15, -0.1) is 0 Å². The number of carbonyl (C=O) groups is 4. The van der Waals surface area contributed by atoms with Gasteiger partial charge in [-0.25, -0.2) is 9.13 Å². The molecule has 594 valence electrons. The van der Waals surface area contributed by atoms with Crippen LogP contribution < -0.4 is 0 Å². The fourth-order valence-corrected chi connectivity index (χ4v) is 14.1. The Bertz CT molecular complexity index is 1910. The summed E-state index contributed by atoms with van der Waals surface area (Å²) in [5.41, 5.74) is 0. The third-order valence-electron chi connectivity index (χ3n) is 19.4. The number of aliphatic hydroxyl groups excluding tert-OH is 1. The van der Waals surface area contributed by atoms with Crippen molar-refractivity contribution in [3.05, 3.63) is 0 Å². The molecule has 0 aliphatic carbocycles. The third kappa shape index (κ3) is 73.0. The molecule has 100 heavy (non-hydrogen) atoms. The molecule has 0 heterocycles. The molecule has 0 aromatic rings. The molecule has 0 saturated heterocycles. The molecule has 19 heteroatoms. The zero-order valence-corrected chi connectivity index (χ0v) is 67.1. The Kier molecular flexibility index (Phi) is 72.5. The maximum absolute atomic E-state index is 13.1. The predicted molar refractivity (Wildman–Crippen MR) is 409 cm³/mol. The minimum absolute atomic E-state index is 0.107. The number of aliphatic hydroxyl groups is 1. The number of hydrogen-bond acceptors (Lipinski definition) is 15. The molecule has 6 atom stereocenters. The van der Waals surface area contributed by atoms with Crippen molar-refractivity contribution in [2.75, 3.05) is 39.6 Å². The van der Waals surface area contributed by atoms with Gasteiger partial charge in [0.1, 0.15) is 19.3 Å². The summed E-state index contributed by atoms with van der Waals surface area (Å²) < 4.78 is 68.7. The second-order valence-electron chi connectivity index (χ2n) is 29.4. The average molecular weight is 1470 g/mol. The number of hydrogen-bond donors (Lipinski definition) is 3. The molecule has 0 amide bonds. The summed E-state index contributed by atoms with van der Waals surface area (Å²) in [5, 5.41) is 10.6. The molecule has 3 N–H and O–H groups in total. The number of phosphoric acid groups is 2. The first-order valence-corrected chi connectivity index (χ1v) is 45.2. The fourth-order valence-electron chi connectivity index (χ4n) is 12.6. The van der Waals surface area contributed by atoms with Crippen molar-refractivity contribution in [3.8, 4) is 0 Å². The van der Waals surface area contributed by atoms with Gasteiger partial charge in [-0.3, -0.25) is 37.3 Å². The second kappa shape index (κ2) is 73.9. The van der Waals surface area contributed by atoms with E-state index >= 15 is 0 Å². The molecule has 17 nitrogen and oxygen atoms in total. The van der Waals surface area contributed by atoms with Gasteiger partial charge in [0, 0.05) is 25.7 Å². The van der Waals surface area contributed by atoms with Gasteiger partial charge >= 0.3 is 39.5 Å². The van der Waals surface area contributed by atoms with Crippen LogP contribution in [0, 0.1) is 5.92 Å². The number of phosphoric ester groups is 2. The Morgan fingerprint density at radius 2 is 0.480 bits per heavy atom. The highest BCUT2D eigenvalue weighted by atomic mass is 31.2. The molecule has 0 aliphatic heterocycles. The Hall–Kier alpha value is -1.94. The normalized spacial score (nSPS) is 14.1. The van der Waals surface area contributed by atoms with Crippen molar-refractivity contribution in [3.63, 3.8) is 0 Å². The summed E-state index contributed by atoms with van der Waals surface area (Å²) in [6.07, 6.45) is 65.3. The first-order chi connectivity index (χ1) is 48.6. The first kappa shape index (κ1) is 98.1. The van der Waals surface area contributed by atoms with Gasteiger partial charge in [0.25, 0.3) is 0 Å². The predicted octanol–water partition coefficient (Wildman–Crippen LogP) is 24.4. The van der Waals surface area contributed by atoms with Crippen molar-refractivity contribution in [1.82, 2.24) is 0 Å². The van der Waals surface area contributed by atoms with Crippen LogP contribution in [0.1, 0.15) is 433 Å². The van der Waals surface area contributed by atoms with Crippen LogP contribution in [0.2, 0.25) is 0 Å². The van der Waals surface area contributed by atoms with Gasteiger partial charge in [-0.2, -0.15) is 0 Å². The van der Waals surface area contributed by atoms with Crippen LogP contribution in [0.15, 0.2) is 0 Å². The summed E-state index contributed by atoms with van der Waals surface area (Å²) in [7, 11) is -9.92. The number of ether oxygens (including phenoxy) is 4. The largest absolute Gasteiger partial charge is 0.472 e. The van der Waals surface area contributed by atoms with Gasteiger partial charge in [-0.1, -0.05) is 381 Å². The van der Waals surface area contributed by atoms with Crippen LogP contribution in [-0.2, 0) is 65.4 Å². The van der Waals surface area contributed by atoms with Crippen molar-refractivity contribution < 1.29 is 80.2 Å². The van der Waals surface area contributed by atoms with E-state index in [4.69, 9.17) is 37.0 Å². The van der Waals surface area contributed by atoms with Crippen molar-refractivity contribution in [2.24, 2.45) is 5.92 Å². The maximum atomic E-state index is 13.1. The van der Waals surface area contributed by atoms with Crippen LogP contribution in [0.5, 0.6) is 0 Å². The van der Waals surface area contributed by atoms with E-state index in [1.807, 2.05) is 0 Å². The summed E-state index contributed by atoms with van der Waals surface area (Å²) in [4.78, 5) is 73.0. The summed E-state index contributed by atoms with van der Waals surface area (Å²) in [5.74, 6) is -1.38. The number of carbonyl (C=O) groups excluding carboxylic acids is 4. The van der Waals surface area contributed by atoms with E-state index in [1.165, 1.54) is 250 Å². The smallest absolute Gasteiger partial charge is 0.462 e. The zero-order valence-electron chi connectivity index (χ0n) is 65.3. The lowest BCUT2D eigenvalue weighted by Gasteiger charge is -2.21. The maximum Gasteiger partial charge on any atom is 0.472 e. The van der Waals surface area contributed by atoms with E-state index in [2.05, 4.69) is 34.6 Å². The highest BCUT2D eigenvalue weighted by Crippen LogP contribution is 2.45. The number of unbranched alkanes of at least 4 members (excludes halogenated alkanes) is 52. The van der Waals surface area contributed by atoms with Crippen molar-refractivity contribution >= 4 is 39.5 Å². The Morgan fingerprint density at radius 1 is 0.280 bits per heavy atom. The minimum Gasteiger partial charge on any atom is -0.462 e. The van der Waals surface area contributed by atoms with Gasteiger partial charge in [0.15, 0.2) is 12.2 Å². The van der Waals surface area contributed by atoms with E-state index in [-0.39, 0.29) is 25.7 Å². The topological polar surface area (TPSA) is 237 Å². The van der Waals surface area contributed by atoms with E-state index < -0.39 is 97.5 Å². The quantitative estimate of drug-likeness (QED) is 0.0222. The lowest BCUT2D eigenvalue weighted by molar-refractivity contribution is -0.161. The molecular weight excluding hydrogens is 1310 g/mol. The first-order valence-electron chi connectivity index (χ1n) is 42.2. The van der Waals surface area contributed by atoms with E-state index in [0.29, 0.717) is 25.7 Å². The molecule has 0 rings (SSSR count). The molecule has 0 spiro atoms. The van der Waals surface area contributed by atoms with Crippen LogP contribution in [0.4, 0.5) is 0 Å². The molecule has 0 bridgehead atoms. The van der Waals surface area contributed by atoms with Crippen LogP contribution in [-0.4, -0.2) is 96.7 Å². The SMILES string of the molecule is CCCCCCCCCCCCCCCCCCCCCCC(=O)O[C@H](COC(=O)CCCCCCCCCCCCCCCCCCCC)COP(=O)(O)OC[C@@H](O)COP(=O)(O)OC[C@@H](COC(=O)CCCCCCCCC(C)CC)OC(=O)CCCCCCCCCCCCCC. The van der Waals surface area contributed by atoms with Gasteiger partial charge in [-0.05, 0) is 31.6 Å². The van der Waals surface area contributed by atoms with Gasteiger partial charge in [0.2, 0.25) is 0 Å². The molecule has 0 radical (unpaired) electrons. The highest BCUT2D eigenvalue weighted by molar-refractivity contribution is 7.47. The van der Waals surface area contributed by atoms with Gasteiger partial charge < -0.3 is 33.8 Å². The molecule has 3 unspecified atom stereocenters. The van der Waals surface area contributed by atoms with Crippen molar-refractivity contribution in [2.45, 2.75) is 451 Å². The Balaban J connectivity index is 5.22. The lowest BCUT2D eigenvalue weighted by Crippen LogP contribution is -2.30. The number of esters is 4. The molecule has 0 fully saturated rings. The Morgan fingerprint density at radius 3 is 0.710 bits per heavy atom. The van der Waals surface area contributed by atoms with E-state index in [1.54, 1.807) is 0 Å². The van der Waals surface area contributed by atoms with Crippen molar-refractivity contribution in [1.29, 1.82) is 0 Å². The minimum atomic E-state index is -4.96. The highest BCUT2D eigenvalue weighted by Gasteiger charge is 2.30. The lowest BCUT2D eigenvalue weighted by atomic mass is 10.00. The summed E-state index contributed by atoms with van der Waals surface area (Å²) >= 11 is 0. The second-order valence-corrected chi connectivity index (χ2v) is 32.3. The molecule has 0 aromatic heterocycles. The molecule has 0 saturated carbocycles. The van der Waals surface area contributed by atoms with Crippen LogP contribution >= 0.6 is 15.6 Å². The van der Waals surface area contributed by atoms with E-state index in [0.717, 1.165) is 102 Å². The van der Waals surface area contributed by atoms with Gasteiger partial charge in [0.05, 0.1) is 26.4 Å². The fraction of sp³-hybridized carbons (Fsp3) is 0.951. The standard InChI is InChI=1S/C81H158O17P2/c1-6-10-13-16-19-22-25-28-30-32-34-35-37-39-41-44-47-50-57-62-67-81(86)97-76(70-91-78(83)64-59-54-48-45-43-40-38-36-33-31-29-26-23-20-17-14-11-7-2)72-95-99(87,88)93-68-75(82)69-94-100(89,90)96-73-77(71-92-79(84)65-60-55-52-51-53-58-63-74(5)9-4)98-80(85)66-61-56-49-46-42-27-24-21-18-15-12-8-3/h74-77,82H,6-73H2,1-5H3,(H,87,88)(H,89,90)/t74?,75-,76-,77-/m1/s1. The monoisotopic (exact) mass is 1470 g/mol. The molecule has 0 aromatic carbocycles. The Labute approximate surface area is 613 Å². The third-order valence-corrected chi connectivity index (χ3v) is 21.3. The molecular formula is C81H158O17P2. The summed E-state index contributed by atoms with van der Waals surface area (Å²) in [6, 6.07) is 0. The van der Waals surface area contributed by atoms with Crippen LogP contribution in [0.25, 0.3) is 0 Å². The zero-order chi connectivity index (χ0) is 73.4. The van der Waals surface area contributed by atoms with E-state index in [9.17, 15) is 43.2 Å². The number of rotatable bonds is 81. The summed E-state index contributed by atoms with van der Waals surface area (Å²) in [6.45, 7) is 7.29. The molecule has 0 aliphatic rings.